The van der Waals surface area contributed by atoms with Gasteiger partial charge in [0.05, 0.1) is 19.3 Å². The SMILES string of the molecule is COC[C@H](C)Oc1ccc(C(=O)OC)cc1. The van der Waals surface area contributed by atoms with Crippen LogP contribution in [0.1, 0.15) is 17.3 Å². The minimum Gasteiger partial charge on any atom is -0.488 e. The molecule has 0 unspecified atom stereocenters. The monoisotopic (exact) mass is 224 g/mol. The average Bonchev–Trinajstić information content (AvgIpc) is 2.29. The Kier molecular flexibility index (Phi) is 4.79. The van der Waals surface area contributed by atoms with E-state index in [1.54, 1.807) is 31.4 Å². The summed E-state index contributed by atoms with van der Waals surface area (Å²) in [7, 11) is 2.98. The van der Waals surface area contributed by atoms with Crippen molar-refractivity contribution in [3.63, 3.8) is 0 Å². The van der Waals surface area contributed by atoms with E-state index in [9.17, 15) is 4.79 Å². The van der Waals surface area contributed by atoms with Crippen LogP contribution in [0.2, 0.25) is 0 Å². The van der Waals surface area contributed by atoms with Crippen molar-refractivity contribution in [1.29, 1.82) is 0 Å². The van der Waals surface area contributed by atoms with Crippen LogP contribution in [-0.4, -0.2) is 32.9 Å². The molecule has 0 aliphatic heterocycles. The third-order valence-electron chi connectivity index (χ3n) is 2.01. The number of hydrogen-bond donors (Lipinski definition) is 0. The molecule has 0 fully saturated rings. The molecule has 0 aliphatic rings. The molecule has 88 valence electrons. The van der Waals surface area contributed by atoms with Gasteiger partial charge in [-0.3, -0.25) is 0 Å². The molecule has 4 nitrogen and oxygen atoms in total. The number of carbonyl (C=O) groups is 1. The average molecular weight is 224 g/mol. The molecule has 1 aromatic carbocycles. The van der Waals surface area contributed by atoms with Crippen molar-refractivity contribution >= 4 is 5.97 Å². The number of carbonyl (C=O) groups excluding carboxylic acids is 1. The summed E-state index contributed by atoms with van der Waals surface area (Å²) in [4.78, 5) is 11.2. The lowest BCUT2D eigenvalue weighted by Crippen LogP contribution is -2.17. The zero-order valence-electron chi connectivity index (χ0n) is 9.73. The zero-order valence-corrected chi connectivity index (χ0v) is 9.73. The van der Waals surface area contributed by atoms with Crippen LogP contribution in [0.15, 0.2) is 24.3 Å². The maximum absolute atomic E-state index is 11.2. The number of ether oxygens (including phenoxy) is 3. The Hall–Kier alpha value is -1.55. The zero-order chi connectivity index (χ0) is 12.0. The highest BCUT2D eigenvalue weighted by Gasteiger charge is 2.06. The van der Waals surface area contributed by atoms with Gasteiger partial charge in [-0.05, 0) is 31.2 Å². The van der Waals surface area contributed by atoms with Gasteiger partial charge >= 0.3 is 5.97 Å². The quantitative estimate of drug-likeness (QED) is 0.716. The maximum Gasteiger partial charge on any atom is 0.337 e. The van der Waals surface area contributed by atoms with E-state index >= 15 is 0 Å². The van der Waals surface area contributed by atoms with Gasteiger partial charge in [0.15, 0.2) is 0 Å². The smallest absolute Gasteiger partial charge is 0.337 e. The number of rotatable bonds is 5. The third-order valence-corrected chi connectivity index (χ3v) is 2.01. The fourth-order valence-electron chi connectivity index (χ4n) is 1.29. The Labute approximate surface area is 95.1 Å². The number of esters is 1. The second-order valence-electron chi connectivity index (χ2n) is 3.40. The van der Waals surface area contributed by atoms with Gasteiger partial charge in [-0.2, -0.15) is 0 Å². The van der Waals surface area contributed by atoms with Gasteiger partial charge in [-0.25, -0.2) is 4.79 Å². The van der Waals surface area contributed by atoms with Gasteiger partial charge in [0.1, 0.15) is 11.9 Å². The van der Waals surface area contributed by atoms with Crippen molar-refractivity contribution in [3.8, 4) is 5.75 Å². The Morgan fingerprint density at radius 3 is 2.38 bits per heavy atom. The van der Waals surface area contributed by atoms with Crippen molar-refractivity contribution in [3.05, 3.63) is 29.8 Å². The molecule has 0 saturated heterocycles. The van der Waals surface area contributed by atoms with Gasteiger partial charge in [0.25, 0.3) is 0 Å². The molecule has 0 saturated carbocycles. The second kappa shape index (κ2) is 6.12. The predicted octanol–water partition coefficient (Wildman–Crippen LogP) is 1.89. The maximum atomic E-state index is 11.2. The number of methoxy groups -OCH3 is 2. The van der Waals surface area contributed by atoms with E-state index in [0.29, 0.717) is 17.9 Å². The summed E-state index contributed by atoms with van der Waals surface area (Å²) in [6.45, 7) is 2.44. The molecule has 0 bridgehead atoms. The van der Waals surface area contributed by atoms with Gasteiger partial charge in [0, 0.05) is 7.11 Å². The Morgan fingerprint density at radius 1 is 1.25 bits per heavy atom. The summed E-state index contributed by atoms with van der Waals surface area (Å²) in [5, 5.41) is 0. The first-order valence-corrected chi connectivity index (χ1v) is 5.01. The van der Waals surface area contributed by atoms with Gasteiger partial charge in [0.2, 0.25) is 0 Å². The van der Waals surface area contributed by atoms with Crippen LogP contribution in [0.4, 0.5) is 0 Å². The topological polar surface area (TPSA) is 44.8 Å². The summed E-state index contributed by atoms with van der Waals surface area (Å²) in [6, 6.07) is 6.80. The van der Waals surface area contributed by atoms with Crippen molar-refractivity contribution in [2.24, 2.45) is 0 Å². The van der Waals surface area contributed by atoms with E-state index in [0.717, 1.165) is 0 Å². The first-order chi connectivity index (χ1) is 7.67. The molecule has 0 aliphatic carbocycles. The molecule has 0 heterocycles. The van der Waals surface area contributed by atoms with Crippen LogP contribution in [0, 0.1) is 0 Å². The molecule has 1 atom stereocenters. The number of hydrogen-bond acceptors (Lipinski definition) is 4. The highest BCUT2D eigenvalue weighted by atomic mass is 16.5. The molecular formula is C12H16O4. The number of benzene rings is 1. The minimum atomic E-state index is -0.350. The highest BCUT2D eigenvalue weighted by Crippen LogP contribution is 2.14. The van der Waals surface area contributed by atoms with Crippen LogP contribution in [0.5, 0.6) is 5.75 Å². The van der Waals surface area contributed by atoms with Gasteiger partial charge in [-0.1, -0.05) is 0 Å². The molecule has 16 heavy (non-hydrogen) atoms. The van der Waals surface area contributed by atoms with Crippen LogP contribution in [-0.2, 0) is 9.47 Å². The normalized spacial score (nSPS) is 11.9. The van der Waals surface area contributed by atoms with E-state index < -0.39 is 0 Å². The minimum absolute atomic E-state index is 0.0195. The standard InChI is InChI=1S/C12H16O4/c1-9(8-14-2)16-11-6-4-10(5-7-11)12(13)15-3/h4-7,9H,8H2,1-3H3/t9-/m0/s1. The van der Waals surface area contributed by atoms with Crippen molar-refractivity contribution < 1.29 is 19.0 Å². The third kappa shape index (κ3) is 3.55. The lowest BCUT2D eigenvalue weighted by molar-refractivity contribution is 0.0600. The van der Waals surface area contributed by atoms with E-state index in [-0.39, 0.29) is 12.1 Å². The van der Waals surface area contributed by atoms with E-state index in [2.05, 4.69) is 4.74 Å². The summed E-state index contributed by atoms with van der Waals surface area (Å²) in [5.74, 6) is 0.355. The predicted molar refractivity (Wildman–Crippen MR) is 59.7 cm³/mol. The summed E-state index contributed by atoms with van der Waals surface area (Å²) in [5.41, 5.74) is 0.509. The van der Waals surface area contributed by atoms with Gasteiger partial charge in [-0.15, -0.1) is 0 Å². The van der Waals surface area contributed by atoms with Crippen LogP contribution < -0.4 is 4.74 Å². The second-order valence-corrected chi connectivity index (χ2v) is 3.40. The van der Waals surface area contributed by atoms with E-state index in [1.807, 2.05) is 6.92 Å². The fraction of sp³-hybridized carbons (Fsp3) is 0.417. The largest absolute Gasteiger partial charge is 0.488 e. The molecular weight excluding hydrogens is 208 g/mol. The lowest BCUT2D eigenvalue weighted by atomic mass is 10.2. The molecule has 0 N–H and O–H groups in total. The molecule has 0 spiro atoms. The first-order valence-electron chi connectivity index (χ1n) is 5.01. The highest BCUT2D eigenvalue weighted by molar-refractivity contribution is 5.89. The van der Waals surface area contributed by atoms with Crippen LogP contribution in [0.25, 0.3) is 0 Å². The van der Waals surface area contributed by atoms with Crippen molar-refractivity contribution in [2.45, 2.75) is 13.0 Å². The molecule has 4 heteroatoms. The Bertz CT molecular complexity index is 331. The Morgan fingerprint density at radius 2 is 1.88 bits per heavy atom. The van der Waals surface area contributed by atoms with Crippen LogP contribution in [0.3, 0.4) is 0 Å². The van der Waals surface area contributed by atoms with Gasteiger partial charge < -0.3 is 14.2 Å². The lowest BCUT2D eigenvalue weighted by Gasteiger charge is -2.13. The summed E-state index contributed by atoms with van der Waals surface area (Å²) in [6.07, 6.45) is -0.0195. The fourth-order valence-corrected chi connectivity index (χ4v) is 1.29. The summed E-state index contributed by atoms with van der Waals surface area (Å²) >= 11 is 0. The van der Waals surface area contributed by atoms with Crippen molar-refractivity contribution in [2.75, 3.05) is 20.8 Å². The molecule has 0 radical (unpaired) electrons. The molecule has 1 rings (SSSR count). The van der Waals surface area contributed by atoms with Crippen LogP contribution >= 0.6 is 0 Å². The molecule has 0 aromatic heterocycles. The summed E-state index contributed by atoms with van der Waals surface area (Å²) < 4.78 is 15.1. The molecule has 1 aromatic rings. The van der Waals surface area contributed by atoms with Crippen molar-refractivity contribution in [1.82, 2.24) is 0 Å². The molecule has 0 amide bonds. The van der Waals surface area contributed by atoms with E-state index in [4.69, 9.17) is 9.47 Å². The van der Waals surface area contributed by atoms with E-state index in [1.165, 1.54) is 7.11 Å². The first kappa shape index (κ1) is 12.5. The Balaban J connectivity index is 2.61.